The lowest BCUT2D eigenvalue weighted by atomic mass is 9.99. The molecule has 118 valence electrons. The second kappa shape index (κ2) is 6.29. The molecule has 1 atom stereocenters. The molecule has 0 aromatic carbocycles. The minimum atomic E-state index is -0.170. The molecule has 0 radical (unpaired) electrons. The molecule has 0 aliphatic carbocycles. The fourth-order valence-electron chi connectivity index (χ4n) is 3.02. The Morgan fingerprint density at radius 2 is 2.32 bits per heavy atom. The highest BCUT2D eigenvalue weighted by Gasteiger charge is 2.27. The van der Waals surface area contributed by atoms with Crippen molar-refractivity contribution in [3.8, 4) is 0 Å². The molecule has 22 heavy (non-hydrogen) atoms. The van der Waals surface area contributed by atoms with Crippen LogP contribution < -0.4 is 4.90 Å². The molecule has 2 aromatic rings. The highest BCUT2D eigenvalue weighted by Crippen LogP contribution is 2.27. The van der Waals surface area contributed by atoms with Gasteiger partial charge in [-0.15, -0.1) is 0 Å². The van der Waals surface area contributed by atoms with Crippen molar-refractivity contribution in [1.29, 1.82) is 0 Å². The molecule has 3 rings (SSSR count). The molecule has 1 saturated heterocycles. The Bertz CT molecular complexity index is 669. The molecular weight excluding hydrogens is 282 g/mol. The molecule has 1 fully saturated rings. The Kier molecular flexibility index (Phi) is 4.22. The van der Waals surface area contributed by atoms with E-state index < -0.39 is 0 Å². The van der Waals surface area contributed by atoms with Crippen LogP contribution in [0.5, 0.6) is 0 Å². The van der Waals surface area contributed by atoms with Crippen molar-refractivity contribution in [2.75, 3.05) is 18.6 Å². The second-order valence-corrected chi connectivity index (χ2v) is 5.55. The number of carbonyl (C=O) groups is 1. The van der Waals surface area contributed by atoms with Crippen LogP contribution in [0.25, 0.3) is 5.78 Å². The van der Waals surface area contributed by atoms with Gasteiger partial charge in [-0.3, -0.25) is 4.79 Å². The van der Waals surface area contributed by atoms with Crippen LogP contribution in [0.3, 0.4) is 0 Å². The van der Waals surface area contributed by atoms with Crippen molar-refractivity contribution >= 4 is 17.6 Å². The molecule has 0 unspecified atom stereocenters. The number of ether oxygens (including phenoxy) is 1. The zero-order valence-corrected chi connectivity index (χ0v) is 13.0. The number of hydrogen-bond acceptors (Lipinski definition) is 6. The van der Waals surface area contributed by atoms with Crippen molar-refractivity contribution in [1.82, 2.24) is 19.6 Å². The van der Waals surface area contributed by atoms with Crippen molar-refractivity contribution in [2.24, 2.45) is 0 Å². The maximum atomic E-state index is 11.7. The number of piperidine rings is 1. The number of aromatic nitrogens is 4. The average molecular weight is 303 g/mol. The summed E-state index contributed by atoms with van der Waals surface area (Å²) in [5.74, 6) is 1.40. The first kappa shape index (κ1) is 14.7. The van der Waals surface area contributed by atoms with Crippen LogP contribution in [0.1, 0.15) is 38.3 Å². The Labute approximate surface area is 129 Å². The smallest absolute Gasteiger partial charge is 0.307 e. The van der Waals surface area contributed by atoms with E-state index in [0.29, 0.717) is 12.2 Å². The van der Waals surface area contributed by atoms with Crippen LogP contribution in [-0.2, 0) is 16.0 Å². The third-order valence-electron chi connectivity index (χ3n) is 4.20. The summed E-state index contributed by atoms with van der Waals surface area (Å²) in [6.45, 7) is 2.98. The van der Waals surface area contributed by atoms with Crippen molar-refractivity contribution in [3.63, 3.8) is 0 Å². The van der Waals surface area contributed by atoms with Crippen LogP contribution in [0, 0.1) is 0 Å². The van der Waals surface area contributed by atoms with Gasteiger partial charge in [-0.2, -0.15) is 14.6 Å². The fourth-order valence-corrected chi connectivity index (χ4v) is 3.02. The van der Waals surface area contributed by atoms with E-state index in [1.54, 1.807) is 4.52 Å². The van der Waals surface area contributed by atoms with Gasteiger partial charge in [-0.25, -0.2) is 4.98 Å². The van der Waals surface area contributed by atoms with E-state index in [2.05, 4.69) is 33.0 Å². The molecular formula is C15H21N5O2. The molecule has 0 amide bonds. The van der Waals surface area contributed by atoms with Gasteiger partial charge in [0.1, 0.15) is 12.1 Å². The summed E-state index contributed by atoms with van der Waals surface area (Å²) in [5, 5.41) is 4.29. The van der Waals surface area contributed by atoms with E-state index in [-0.39, 0.29) is 12.0 Å². The zero-order chi connectivity index (χ0) is 15.5. The van der Waals surface area contributed by atoms with Gasteiger partial charge in [-0.05, 0) is 25.7 Å². The summed E-state index contributed by atoms with van der Waals surface area (Å²) in [7, 11) is 1.44. The van der Waals surface area contributed by atoms with E-state index in [9.17, 15) is 4.79 Å². The number of rotatable bonds is 4. The normalized spacial score (nSPS) is 18.6. The predicted molar refractivity (Wildman–Crippen MR) is 81.8 cm³/mol. The van der Waals surface area contributed by atoms with Crippen LogP contribution in [0.2, 0.25) is 0 Å². The summed E-state index contributed by atoms with van der Waals surface area (Å²) < 4.78 is 6.60. The molecule has 7 nitrogen and oxygen atoms in total. The third kappa shape index (κ3) is 2.75. The highest BCUT2D eigenvalue weighted by atomic mass is 16.5. The number of esters is 1. The van der Waals surface area contributed by atoms with E-state index in [4.69, 9.17) is 4.74 Å². The molecule has 1 aliphatic rings. The molecule has 1 aliphatic heterocycles. The zero-order valence-electron chi connectivity index (χ0n) is 13.0. The number of fused-ring (bicyclic) bond motifs is 1. The van der Waals surface area contributed by atoms with Gasteiger partial charge in [0.2, 0.25) is 0 Å². The first-order chi connectivity index (χ1) is 10.7. The lowest BCUT2D eigenvalue weighted by molar-refractivity contribution is -0.141. The Morgan fingerprint density at radius 3 is 3.09 bits per heavy atom. The topological polar surface area (TPSA) is 72.6 Å². The van der Waals surface area contributed by atoms with Crippen LogP contribution >= 0.6 is 0 Å². The van der Waals surface area contributed by atoms with E-state index in [1.807, 2.05) is 0 Å². The van der Waals surface area contributed by atoms with E-state index >= 15 is 0 Å². The summed E-state index contributed by atoms with van der Waals surface area (Å²) >= 11 is 0. The van der Waals surface area contributed by atoms with Gasteiger partial charge in [0.25, 0.3) is 5.78 Å². The minimum absolute atomic E-state index is 0.140. The van der Waals surface area contributed by atoms with E-state index in [0.717, 1.165) is 43.7 Å². The first-order valence-electron chi connectivity index (χ1n) is 7.76. The van der Waals surface area contributed by atoms with Gasteiger partial charge in [-0.1, -0.05) is 6.92 Å². The Balaban J connectivity index is 1.99. The monoisotopic (exact) mass is 303 g/mol. The molecule has 0 saturated carbocycles. The van der Waals surface area contributed by atoms with Gasteiger partial charge >= 0.3 is 5.97 Å². The van der Waals surface area contributed by atoms with Crippen LogP contribution in [0.15, 0.2) is 12.4 Å². The number of carbonyl (C=O) groups excluding carboxylic acids is 1. The van der Waals surface area contributed by atoms with Crippen molar-refractivity contribution in [3.05, 3.63) is 18.1 Å². The molecule has 3 heterocycles. The first-order valence-corrected chi connectivity index (χ1v) is 7.76. The fraction of sp³-hybridized carbons (Fsp3) is 0.600. The van der Waals surface area contributed by atoms with Crippen LogP contribution in [0.4, 0.5) is 5.82 Å². The van der Waals surface area contributed by atoms with Gasteiger partial charge in [0.15, 0.2) is 0 Å². The standard InChI is InChI=1S/C15H21N5O2/c1-3-11-8-13(20-15(18-11)16-10-17-20)19-7-5-4-6-12(19)9-14(21)22-2/h8,10,12H,3-7,9H2,1-2H3/t12-/m1/s1. The third-order valence-corrected chi connectivity index (χ3v) is 4.20. The number of hydrogen-bond donors (Lipinski definition) is 0. The van der Waals surface area contributed by atoms with Gasteiger partial charge in [0, 0.05) is 24.3 Å². The van der Waals surface area contributed by atoms with E-state index in [1.165, 1.54) is 13.4 Å². The highest BCUT2D eigenvalue weighted by molar-refractivity contribution is 5.70. The average Bonchev–Trinajstić information content (AvgIpc) is 3.02. The number of aryl methyl sites for hydroxylation is 1. The van der Waals surface area contributed by atoms with Crippen molar-refractivity contribution < 1.29 is 9.53 Å². The maximum absolute atomic E-state index is 11.7. The molecule has 0 bridgehead atoms. The summed E-state index contributed by atoms with van der Waals surface area (Å²) in [5.41, 5.74) is 0.984. The largest absolute Gasteiger partial charge is 0.469 e. The molecule has 0 N–H and O–H groups in total. The lowest BCUT2D eigenvalue weighted by Crippen LogP contribution is -2.42. The number of methoxy groups -OCH3 is 1. The minimum Gasteiger partial charge on any atom is -0.469 e. The Morgan fingerprint density at radius 1 is 1.45 bits per heavy atom. The summed E-state index contributed by atoms with van der Waals surface area (Å²) in [6, 6.07) is 2.19. The van der Waals surface area contributed by atoms with Crippen LogP contribution in [-0.4, -0.2) is 45.2 Å². The molecule has 2 aromatic heterocycles. The SMILES string of the molecule is CCc1cc(N2CCCC[C@@H]2CC(=O)OC)n2ncnc2n1. The lowest BCUT2D eigenvalue weighted by Gasteiger charge is -2.36. The van der Waals surface area contributed by atoms with Gasteiger partial charge < -0.3 is 9.64 Å². The molecule has 0 spiro atoms. The summed E-state index contributed by atoms with van der Waals surface area (Å²) in [4.78, 5) is 22.6. The second-order valence-electron chi connectivity index (χ2n) is 5.55. The van der Waals surface area contributed by atoms with Gasteiger partial charge in [0.05, 0.1) is 13.5 Å². The molecule has 7 heteroatoms. The Hall–Kier alpha value is -2.18. The number of anilines is 1. The van der Waals surface area contributed by atoms with Crippen molar-refractivity contribution in [2.45, 2.75) is 45.1 Å². The predicted octanol–water partition coefficient (Wildman–Crippen LogP) is 1.61. The quantitative estimate of drug-likeness (QED) is 0.799. The maximum Gasteiger partial charge on any atom is 0.307 e. The number of nitrogens with zero attached hydrogens (tertiary/aromatic N) is 5. The summed E-state index contributed by atoms with van der Waals surface area (Å²) in [6.07, 6.45) is 5.98.